The molecule has 212 valence electrons. The van der Waals surface area contributed by atoms with Crippen LogP contribution in [0.4, 0.5) is 23.4 Å². The van der Waals surface area contributed by atoms with Crippen LogP contribution in [0.1, 0.15) is 49.9 Å². The first-order valence-electron chi connectivity index (χ1n) is 12.5. The number of rotatable bonds is 10. The Kier molecular flexibility index (Phi) is 8.73. The molecule has 0 radical (unpaired) electrons. The fourth-order valence-corrected chi connectivity index (χ4v) is 5.21. The van der Waals surface area contributed by atoms with Gasteiger partial charge >= 0.3 is 6.61 Å². The lowest BCUT2D eigenvalue weighted by atomic mass is 9.96. The van der Waals surface area contributed by atoms with Crippen molar-refractivity contribution >= 4 is 29.2 Å². The lowest BCUT2D eigenvalue weighted by Crippen LogP contribution is -2.55. The molecule has 0 unspecified atom stereocenters. The fourth-order valence-electron chi connectivity index (χ4n) is 5.05. The van der Waals surface area contributed by atoms with E-state index in [1.807, 2.05) is 0 Å². The number of fused-ring (bicyclic) bond motifs is 2. The summed E-state index contributed by atoms with van der Waals surface area (Å²) in [6, 6.07) is 7.33. The van der Waals surface area contributed by atoms with Gasteiger partial charge in [0.1, 0.15) is 5.82 Å². The van der Waals surface area contributed by atoms with Gasteiger partial charge in [-0.2, -0.15) is 8.78 Å². The van der Waals surface area contributed by atoms with Gasteiger partial charge in [0.25, 0.3) is 18.2 Å². The lowest BCUT2D eigenvalue weighted by molar-refractivity contribution is -0.135. The number of benzene rings is 1. The summed E-state index contributed by atoms with van der Waals surface area (Å²) in [6.07, 6.45) is 1.83. The molecule has 2 aliphatic rings. The van der Waals surface area contributed by atoms with Gasteiger partial charge in [0, 0.05) is 35.4 Å². The van der Waals surface area contributed by atoms with E-state index in [-0.39, 0.29) is 40.2 Å². The highest BCUT2D eigenvalue weighted by atomic mass is 35.5. The van der Waals surface area contributed by atoms with Gasteiger partial charge in [-0.3, -0.25) is 9.59 Å². The van der Waals surface area contributed by atoms with Crippen molar-refractivity contribution < 1.29 is 36.6 Å². The van der Waals surface area contributed by atoms with Crippen LogP contribution in [0, 0.1) is 0 Å². The van der Waals surface area contributed by atoms with Crippen molar-refractivity contribution in [2.45, 2.75) is 76.3 Å². The van der Waals surface area contributed by atoms with Crippen LogP contribution in [0.15, 0.2) is 36.5 Å². The van der Waals surface area contributed by atoms with E-state index in [2.05, 4.69) is 25.3 Å². The number of anilines is 1. The van der Waals surface area contributed by atoms with Crippen LogP contribution in [0.3, 0.4) is 0 Å². The summed E-state index contributed by atoms with van der Waals surface area (Å²) in [5, 5.41) is 5.37. The molecule has 2 fully saturated rings. The predicted octanol–water partition coefficient (Wildman–Crippen LogP) is 4.80. The Morgan fingerprint density at radius 1 is 1.10 bits per heavy atom. The highest BCUT2D eigenvalue weighted by Gasteiger charge is 2.43. The van der Waals surface area contributed by atoms with Crippen molar-refractivity contribution in [2.24, 2.45) is 0 Å². The molecule has 2 aromatic rings. The molecule has 2 amide bonds. The van der Waals surface area contributed by atoms with Gasteiger partial charge in [0.05, 0.1) is 12.1 Å². The van der Waals surface area contributed by atoms with Crippen molar-refractivity contribution in [2.75, 3.05) is 11.4 Å². The third-order valence-electron chi connectivity index (χ3n) is 6.79. The molecule has 3 heterocycles. The number of alkyl halides is 4. The number of carbonyl (C=O) groups is 2. The summed E-state index contributed by atoms with van der Waals surface area (Å²) in [5.41, 5.74) is -1.20. The topological polar surface area (TPSA) is 92.8 Å². The second-order valence-corrected chi connectivity index (χ2v) is 10.5. The third kappa shape index (κ3) is 7.03. The molecule has 2 N–H and O–H groups in total. The summed E-state index contributed by atoms with van der Waals surface area (Å²) < 4.78 is 60.6. The van der Waals surface area contributed by atoms with Crippen molar-refractivity contribution in [1.29, 1.82) is 0 Å². The first kappa shape index (κ1) is 28.7. The van der Waals surface area contributed by atoms with Crippen LogP contribution in [-0.2, 0) is 4.79 Å². The molecule has 1 aromatic carbocycles. The fraction of sp³-hybridized carbons (Fsp3) is 0.500. The van der Waals surface area contributed by atoms with E-state index in [9.17, 15) is 27.2 Å². The number of halogens is 5. The molecular weight excluding hydrogens is 544 g/mol. The molecular formula is C26H29ClF4N4O4. The van der Waals surface area contributed by atoms with Crippen LogP contribution in [-0.4, -0.2) is 60.1 Å². The van der Waals surface area contributed by atoms with Gasteiger partial charge in [-0.05, 0) is 63.8 Å². The SMILES string of the molecule is CC(C)(Oc1ccc(Cl)cc1OC(F)F)C(=O)N[C@H]1C[C@H]2CC[C@@H](C1)N2c1ccc(C(=O)NCC(F)F)cn1. The number of amides is 2. The van der Waals surface area contributed by atoms with Crippen molar-refractivity contribution in [3.63, 3.8) is 0 Å². The Bertz CT molecular complexity index is 1170. The maximum atomic E-state index is 13.2. The summed E-state index contributed by atoms with van der Waals surface area (Å²) >= 11 is 5.89. The first-order valence-corrected chi connectivity index (χ1v) is 12.9. The molecule has 1 aromatic heterocycles. The zero-order valence-electron chi connectivity index (χ0n) is 21.3. The molecule has 0 spiro atoms. The Hall–Kier alpha value is -3.28. The van der Waals surface area contributed by atoms with Crippen LogP contribution < -0.4 is 25.0 Å². The van der Waals surface area contributed by atoms with Crippen LogP contribution in [0.2, 0.25) is 5.02 Å². The van der Waals surface area contributed by atoms with E-state index in [0.29, 0.717) is 18.7 Å². The quantitative estimate of drug-likeness (QED) is 0.397. The average molecular weight is 573 g/mol. The third-order valence-corrected chi connectivity index (χ3v) is 7.03. The van der Waals surface area contributed by atoms with Crippen molar-refractivity contribution in [3.05, 3.63) is 47.1 Å². The highest BCUT2D eigenvalue weighted by Crippen LogP contribution is 2.39. The number of nitrogens with one attached hydrogen (secondary N) is 2. The molecule has 0 aliphatic carbocycles. The molecule has 2 aliphatic heterocycles. The minimum Gasteiger partial charge on any atom is -0.474 e. The number of carbonyl (C=O) groups excluding carboxylic acids is 2. The number of hydrogen-bond donors (Lipinski definition) is 2. The second-order valence-electron chi connectivity index (χ2n) is 10.0. The largest absolute Gasteiger partial charge is 0.474 e. The molecule has 2 saturated heterocycles. The number of hydrogen-bond acceptors (Lipinski definition) is 6. The summed E-state index contributed by atoms with van der Waals surface area (Å²) in [5.74, 6) is -0.650. The van der Waals surface area contributed by atoms with E-state index in [1.54, 1.807) is 12.1 Å². The normalized spacial score (nSPS) is 20.7. The van der Waals surface area contributed by atoms with Crippen molar-refractivity contribution in [3.8, 4) is 11.5 Å². The van der Waals surface area contributed by atoms with Crippen molar-refractivity contribution in [1.82, 2.24) is 15.6 Å². The highest BCUT2D eigenvalue weighted by molar-refractivity contribution is 6.30. The van der Waals surface area contributed by atoms with E-state index in [1.165, 1.54) is 38.2 Å². The van der Waals surface area contributed by atoms with Gasteiger partial charge in [-0.1, -0.05) is 11.6 Å². The number of nitrogens with zero attached hydrogens (tertiary/aromatic N) is 2. The molecule has 4 rings (SSSR count). The van der Waals surface area contributed by atoms with Gasteiger partial charge in [-0.25, -0.2) is 13.8 Å². The van der Waals surface area contributed by atoms with Crippen LogP contribution in [0.25, 0.3) is 0 Å². The summed E-state index contributed by atoms with van der Waals surface area (Å²) in [4.78, 5) is 31.7. The predicted molar refractivity (Wildman–Crippen MR) is 136 cm³/mol. The Morgan fingerprint density at radius 2 is 1.79 bits per heavy atom. The maximum Gasteiger partial charge on any atom is 0.387 e. The zero-order valence-corrected chi connectivity index (χ0v) is 22.1. The minimum absolute atomic E-state index is 0.0350. The summed E-state index contributed by atoms with van der Waals surface area (Å²) in [7, 11) is 0. The Labute approximate surface area is 228 Å². The molecule has 2 bridgehead atoms. The molecule has 39 heavy (non-hydrogen) atoms. The first-order chi connectivity index (χ1) is 18.4. The number of aromatic nitrogens is 1. The zero-order chi connectivity index (χ0) is 28.3. The molecule has 8 nitrogen and oxygen atoms in total. The van der Waals surface area contributed by atoms with Gasteiger partial charge in [0.2, 0.25) is 0 Å². The van der Waals surface area contributed by atoms with Crippen LogP contribution in [0.5, 0.6) is 11.5 Å². The lowest BCUT2D eigenvalue weighted by Gasteiger charge is -2.40. The van der Waals surface area contributed by atoms with E-state index in [4.69, 9.17) is 16.3 Å². The maximum absolute atomic E-state index is 13.2. The van der Waals surface area contributed by atoms with Gasteiger partial charge in [0.15, 0.2) is 17.1 Å². The Morgan fingerprint density at radius 3 is 2.38 bits per heavy atom. The van der Waals surface area contributed by atoms with Gasteiger partial charge < -0.3 is 25.0 Å². The minimum atomic E-state index is -3.09. The molecule has 13 heteroatoms. The summed E-state index contributed by atoms with van der Waals surface area (Å²) in [6.45, 7) is -0.737. The number of ether oxygens (including phenoxy) is 2. The Balaban J connectivity index is 1.37. The van der Waals surface area contributed by atoms with Crippen LogP contribution >= 0.6 is 11.6 Å². The number of pyridine rings is 1. The molecule has 0 saturated carbocycles. The molecule has 3 atom stereocenters. The second kappa shape index (κ2) is 11.8. The van der Waals surface area contributed by atoms with E-state index >= 15 is 0 Å². The smallest absolute Gasteiger partial charge is 0.387 e. The monoisotopic (exact) mass is 572 g/mol. The van der Waals surface area contributed by atoms with Gasteiger partial charge in [-0.15, -0.1) is 0 Å². The van der Waals surface area contributed by atoms with E-state index in [0.717, 1.165) is 12.8 Å². The standard InChI is InChI=1S/C26H29ClF4N4O4/c1-26(2,39-19-7-4-15(27)9-20(19)38-25(30)31)24(37)34-16-10-17-5-6-18(11-16)35(17)22-8-3-14(12-32-22)23(36)33-13-21(28)29/h3-4,7-9,12,16-18,21,25H,5-6,10-11,13H2,1-2H3,(H,33,36)(H,34,37)/t16-,17+,18-. The number of piperidine rings is 1. The average Bonchev–Trinajstić information content (AvgIpc) is 3.13. The van der Waals surface area contributed by atoms with E-state index < -0.39 is 37.0 Å².